The highest BCUT2D eigenvalue weighted by molar-refractivity contribution is 5.74. The molecule has 2 amide bonds. The number of carbonyl (C=O) groups is 1. The number of likely N-dealkylation sites (tertiary alicyclic amines) is 1. The van der Waals surface area contributed by atoms with Gasteiger partial charge in [-0.1, -0.05) is 0 Å². The first-order valence-corrected chi connectivity index (χ1v) is 10.6. The molecule has 0 saturated carbocycles. The fourth-order valence-electron chi connectivity index (χ4n) is 4.43. The molecule has 0 aromatic carbocycles. The van der Waals surface area contributed by atoms with Crippen LogP contribution in [0.2, 0.25) is 0 Å². The number of hydrogen-bond donors (Lipinski definition) is 1. The number of rotatable bonds is 3. The lowest BCUT2D eigenvalue weighted by Gasteiger charge is -2.36. The van der Waals surface area contributed by atoms with Gasteiger partial charge in [0.25, 0.3) is 0 Å². The predicted octanol–water partition coefficient (Wildman–Crippen LogP) is 3.05. The Morgan fingerprint density at radius 3 is 2.34 bits per heavy atom. The molecule has 2 aromatic heterocycles. The summed E-state index contributed by atoms with van der Waals surface area (Å²) in [6.07, 6.45) is 7.63. The highest BCUT2D eigenvalue weighted by Gasteiger charge is 2.27. The normalized spacial score (nSPS) is 18.7. The molecule has 0 radical (unpaired) electrons. The summed E-state index contributed by atoms with van der Waals surface area (Å²) in [6, 6.07) is 6.55. The Labute approximate surface area is 172 Å². The third kappa shape index (κ3) is 4.83. The molecular weight excluding hydrogens is 364 g/mol. The van der Waals surface area contributed by atoms with Crippen molar-refractivity contribution in [3.05, 3.63) is 47.7 Å². The van der Waals surface area contributed by atoms with Gasteiger partial charge in [0.2, 0.25) is 0 Å². The van der Waals surface area contributed by atoms with Crippen LogP contribution in [0.25, 0.3) is 0 Å². The van der Waals surface area contributed by atoms with Gasteiger partial charge >= 0.3 is 6.03 Å². The zero-order valence-electron chi connectivity index (χ0n) is 17.3. The summed E-state index contributed by atoms with van der Waals surface area (Å²) in [7, 11) is 0. The number of piperidine rings is 2. The Balaban J connectivity index is 1.24. The fraction of sp³-hybridized carbons (Fsp3) is 0.545. The Bertz CT molecular complexity index is 806. The van der Waals surface area contributed by atoms with Gasteiger partial charge in [0.15, 0.2) is 0 Å². The monoisotopic (exact) mass is 394 g/mol. The van der Waals surface area contributed by atoms with E-state index in [1.54, 1.807) is 0 Å². The van der Waals surface area contributed by atoms with E-state index in [1.165, 1.54) is 5.56 Å². The highest BCUT2D eigenvalue weighted by atomic mass is 16.2. The van der Waals surface area contributed by atoms with Gasteiger partial charge in [-0.25, -0.2) is 14.8 Å². The van der Waals surface area contributed by atoms with Crippen LogP contribution in [0.15, 0.2) is 30.6 Å². The molecule has 2 fully saturated rings. The van der Waals surface area contributed by atoms with Crippen LogP contribution in [0, 0.1) is 13.8 Å². The average Bonchev–Trinajstić information content (AvgIpc) is 2.74. The number of hydrogen-bond acceptors (Lipinski definition) is 5. The molecule has 2 saturated heterocycles. The van der Waals surface area contributed by atoms with Crippen LogP contribution in [-0.4, -0.2) is 58.1 Å². The lowest BCUT2D eigenvalue weighted by atomic mass is 9.90. The number of urea groups is 1. The summed E-state index contributed by atoms with van der Waals surface area (Å²) in [5.74, 6) is 2.34. The van der Waals surface area contributed by atoms with Crippen LogP contribution in [0.1, 0.15) is 48.7 Å². The minimum atomic E-state index is 0.0883. The van der Waals surface area contributed by atoms with Gasteiger partial charge in [-0.15, -0.1) is 0 Å². The first-order chi connectivity index (χ1) is 14.1. The average molecular weight is 395 g/mol. The molecule has 2 aromatic rings. The second kappa shape index (κ2) is 8.76. The Hall–Kier alpha value is -2.70. The molecule has 2 aliphatic rings. The molecule has 0 spiro atoms. The molecule has 0 unspecified atom stereocenters. The van der Waals surface area contributed by atoms with E-state index in [0.717, 1.165) is 69.2 Å². The number of aryl methyl sites for hydroxylation is 2. The highest BCUT2D eigenvalue weighted by Crippen LogP contribution is 2.27. The molecule has 0 atom stereocenters. The maximum Gasteiger partial charge on any atom is 0.317 e. The Morgan fingerprint density at radius 1 is 1.00 bits per heavy atom. The lowest BCUT2D eigenvalue weighted by molar-refractivity contribution is 0.175. The van der Waals surface area contributed by atoms with Gasteiger partial charge in [0.1, 0.15) is 11.6 Å². The van der Waals surface area contributed by atoms with Crippen molar-refractivity contribution >= 4 is 11.8 Å². The van der Waals surface area contributed by atoms with E-state index in [2.05, 4.69) is 37.3 Å². The quantitative estimate of drug-likeness (QED) is 0.866. The van der Waals surface area contributed by atoms with Crippen molar-refractivity contribution in [1.82, 2.24) is 25.2 Å². The van der Waals surface area contributed by atoms with Crippen LogP contribution in [-0.2, 0) is 0 Å². The molecule has 2 aliphatic heterocycles. The number of amides is 2. The van der Waals surface area contributed by atoms with Gasteiger partial charge in [-0.3, -0.25) is 4.98 Å². The number of nitrogens with zero attached hydrogens (tertiary/aromatic N) is 5. The largest absolute Gasteiger partial charge is 0.356 e. The third-order valence-corrected chi connectivity index (χ3v) is 6.06. The van der Waals surface area contributed by atoms with E-state index in [4.69, 9.17) is 0 Å². The van der Waals surface area contributed by atoms with Crippen LogP contribution >= 0.6 is 0 Å². The number of aromatic nitrogens is 3. The molecule has 1 N–H and O–H groups in total. The molecule has 7 nitrogen and oxygen atoms in total. The maximum atomic E-state index is 12.7. The first-order valence-electron chi connectivity index (χ1n) is 10.6. The van der Waals surface area contributed by atoms with Gasteiger partial charge in [0, 0.05) is 56.4 Å². The molecule has 0 bridgehead atoms. The zero-order chi connectivity index (χ0) is 20.2. The molecule has 4 rings (SSSR count). The summed E-state index contributed by atoms with van der Waals surface area (Å²) in [6.45, 7) is 7.38. The summed E-state index contributed by atoms with van der Waals surface area (Å²) in [5.41, 5.74) is 2.33. The van der Waals surface area contributed by atoms with E-state index < -0.39 is 0 Å². The first kappa shape index (κ1) is 19.6. The van der Waals surface area contributed by atoms with Crippen molar-refractivity contribution in [1.29, 1.82) is 0 Å². The summed E-state index contributed by atoms with van der Waals surface area (Å²) in [5, 5.41) is 3.26. The van der Waals surface area contributed by atoms with E-state index in [1.807, 2.05) is 37.2 Å². The summed E-state index contributed by atoms with van der Waals surface area (Å²) >= 11 is 0. The number of carbonyl (C=O) groups excluding carboxylic acids is 1. The molecule has 154 valence electrons. The van der Waals surface area contributed by atoms with Crippen LogP contribution in [0.3, 0.4) is 0 Å². The second-order valence-electron chi connectivity index (χ2n) is 8.17. The maximum absolute atomic E-state index is 12.7. The minimum Gasteiger partial charge on any atom is -0.356 e. The Morgan fingerprint density at radius 2 is 1.69 bits per heavy atom. The van der Waals surface area contributed by atoms with Crippen molar-refractivity contribution < 1.29 is 4.79 Å². The van der Waals surface area contributed by atoms with Gasteiger partial charge < -0.3 is 15.1 Å². The van der Waals surface area contributed by atoms with Crippen LogP contribution < -0.4 is 10.2 Å². The standard InChI is InChI=1S/C22H30N6O/c1-16-15-21(25-17(2)24-16)27-13-7-20(8-14-27)26-22(29)28-11-5-19(6-12-28)18-3-9-23-10-4-18/h3-4,9-10,15,19-20H,5-8,11-14H2,1-2H3,(H,26,29). The lowest BCUT2D eigenvalue weighted by Crippen LogP contribution is -2.51. The van der Waals surface area contributed by atoms with Crippen LogP contribution in [0.5, 0.6) is 0 Å². The van der Waals surface area contributed by atoms with E-state index >= 15 is 0 Å². The number of anilines is 1. The van der Waals surface area contributed by atoms with Gasteiger partial charge in [-0.2, -0.15) is 0 Å². The van der Waals surface area contributed by atoms with Crippen molar-refractivity contribution in [2.45, 2.75) is 51.5 Å². The fourth-order valence-corrected chi connectivity index (χ4v) is 4.43. The Kier molecular flexibility index (Phi) is 5.92. The SMILES string of the molecule is Cc1cc(N2CCC(NC(=O)N3CCC(c4ccncc4)CC3)CC2)nc(C)n1. The van der Waals surface area contributed by atoms with Crippen molar-refractivity contribution in [3.8, 4) is 0 Å². The van der Waals surface area contributed by atoms with E-state index in [9.17, 15) is 4.79 Å². The van der Waals surface area contributed by atoms with Crippen molar-refractivity contribution in [2.24, 2.45) is 0 Å². The van der Waals surface area contributed by atoms with Crippen molar-refractivity contribution in [2.75, 3.05) is 31.1 Å². The topological polar surface area (TPSA) is 74.2 Å². The van der Waals surface area contributed by atoms with Gasteiger partial charge in [0.05, 0.1) is 0 Å². The zero-order valence-corrected chi connectivity index (χ0v) is 17.3. The van der Waals surface area contributed by atoms with E-state index in [-0.39, 0.29) is 12.1 Å². The third-order valence-electron chi connectivity index (χ3n) is 6.06. The predicted molar refractivity (Wildman–Crippen MR) is 113 cm³/mol. The van der Waals surface area contributed by atoms with Gasteiger partial charge in [-0.05, 0) is 63.1 Å². The summed E-state index contributed by atoms with van der Waals surface area (Å²) < 4.78 is 0. The molecule has 7 heteroatoms. The number of nitrogens with one attached hydrogen (secondary N) is 1. The minimum absolute atomic E-state index is 0.0883. The van der Waals surface area contributed by atoms with Crippen LogP contribution in [0.4, 0.5) is 10.6 Å². The molecular formula is C22H30N6O. The molecule has 4 heterocycles. The molecule has 0 aliphatic carbocycles. The molecule has 29 heavy (non-hydrogen) atoms. The number of pyridine rings is 1. The second-order valence-corrected chi connectivity index (χ2v) is 8.17. The van der Waals surface area contributed by atoms with E-state index in [0.29, 0.717) is 5.92 Å². The smallest absolute Gasteiger partial charge is 0.317 e. The van der Waals surface area contributed by atoms with Crippen molar-refractivity contribution in [3.63, 3.8) is 0 Å². The summed E-state index contributed by atoms with van der Waals surface area (Å²) in [4.78, 5) is 30.0.